The summed E-state index contributed by atoms with van der Waals surface area (Å²) in [4.78, 5) is 15.9. The summed E-state index contributed by atoms with van der Waals surface area (Å²) in [6.45, 7) is 0. The topological polar surface area (TPSA) is 86.8 Å². The number of hydrogen-bond donors (Lipinski definition) is 3. The molecule has 3 aromatic heterocycles. The first-order valence-corrected chi connectivity index (χ1v) is 10.1. The van der Waals surface area contributed by atoms with Crippen LogP contribution in [0.4, 0.5) is 0 Å². The number of fused-ring (bicyclic) bond motifs is 1. The average molecular weight is 402 g/mol. The zero-order valence-corrected chi connectivity index (χ0v) is 16.2. The number of thiazole rings is 1. The molecule has 0 aliphatic heterocycles. The third kappa shape index (κ3) is 3.78. The predicted octanol–water partition coefficient (Wildman–Crippen LogP) is 5.08. The molecule has 6 nitrogen and oxygen atoms in total. The number of aromatic nitrogens is 4. The molecule has 0 radical (unpaired) electrons. The Bertz CT molecular complexity index is 1240. The minimum atomic E-state index is -0.649. The predicted molar refractivity (Wildman–Crippen MR) is 113 cm³/mol. The van der Waals surface area contributed by atoms with Gasteiger partial charge in [0.2, 0.25) is 0 Å². The number of hydrogen-bond acceptors (Lipinski definition) is 5. The number of rotatable bonds is 6. The first-order chi connectivity index (χ1) is 14.2. The Morgan fingerprint density at radius 1 is 1.07 bits per heavy atom. The van der Waals surface area contributed by atoms with Gasteiger partial charge in [0.05, 0.1) is 17.4 Å². The molecular formula is C22H18N4O2S. The van der Waals surface area contributed by atoms with Gasteiger partial charge in [-0.05, 0) is 36.4 Å². The third-order valence-electron chi connectivity index (χ3n) is 4.70. The van der Waals surface area contributed by atoms with Gasteiger partial charge in [-0.15, -0.1) is 11.3 Å². The molecule has 0 fully saturated rings. The van der Waals surface area contributed by atoms with E-state index in [0.29, 0.717) is 17.9 Å². The second-order valence-electron chi connectivity index (χ2n) is 6.73. The highest BCUT2D eigenvalue weighted by atomic mass is 32.1. The lowest BCUT2D eigenvalue weighted by Crippen LogP contribution is -2.00. The van der Waals surface area contributed by atoms with Crippen LogP contribution in [0.2, 0.25) is 0 Å². The highest BCUT2D eigenvalue weighted by Gasteiger charge is 2.14. The van der Waals surface area contributed by atoms with Gasteiger partial charge in [-0.25, -0.2) is 4.98 Å². The summed E-state index contributed by atoms with van der Waals surface area (Å²) < 4.78 is 6.03. The molecule has 5 aromatic rings. The van der Waals surface area contributed by atoms with E-state index in [-0.39, 0.29) is 0 Å². The number of nitrogens with zero attached hydrogens (tertiary/aromatic N) is 2. The molecular weight excluding hydrogens is 384 g/mol. The van der Waals surface area contributed by atoms with Gasteiger partial charge < -0.3 is 19.8 Å². The monoisotopic (exact) mass is 402 g/mol. The molecule has 5 rings (SSSR count). The van der Waals surface area contributed by atoms with Gasteiger partial charge in [0.15, 0.2) is 0 Å². The first-order valence-electron chi connectivity index (χ1n) is 9.20. The van der Waals surface area contributed by atoms with E-state index in [2.05, 4.69) is 19.9 Å². The van der Waals surface area contributed by atoms with Gasteiger partial charge in [-0.1, -0.05) is 12.1 Å². The van der Waals surface area contributed by atoms with Gasteiger partial charge in [0.1, 0.15) is 23.4 Å². The van der Waals surface area contributed by atoms with Crippen molar-refractivity contribution in [2.75, 3.05) is 0 Å². The lowest BCUT2D eigenvalue weighted by atomic mass is 10.2. The van der Waals surface area contributed by atoms with Crippen LogP contribution in [-0.4, -0.2) is 25.0 Å². The van der Waals surface area contributed by atoms with Crippen molar-refractivity contribution in [1.29, 1.82) is 0 Å². The Morgan fingerprint density at radius 2 is 2.00 bits per heavy atom. The van der Waals surface area contributed by atoms with Crippen molar-refractivity contribution in [2.45, 2.75) is 12.5 Å². The molecule has 0 spiro atoms. The van der Waals surface area contributed by atoms with Crippen LogP contribution in [0.3, 0.4) is 0 Å². The summed E-state index contributed by atoms with van der Waals surface area (Å²) in [5, 5.41) is 11.6. The summed E-state index contributed by atoms with van der Waals surface area (Å²) in [6, 6.07) is 15.7. The van der Waals surface area contributed by atoms with E-state index < -0.39 is 6.10 Å². The van der Waals surface area contributed by atoms with Crippen molar-refractivity contribution >= 4 is 22.2 Å². The van der Waals surface area contributed by atoms with Crippen molar-refractivity contribution in [3.05, 3.63) is 83.2 Å². The molecule has 3 heterocycles. The van der Waals surface area contributed by atoms with Gasteiger partial charge in [0.25, 0.3) is 0 Å². The zero-order chi connectivity index (χ0) is 19.6. The van der Waals surface area contributed by atoms with Crippen molar-refractivity contribution in [2.24, 2.45) is 0 Å². The second-order valence-corrected chi connectivity index (χ2v) is 7.70. The molecule has 0 aliphatic carbocycles. The average Bonchev–Trinajstić information content (AvgIpc) is 3.49. The Kier molecular flexibility index (Phi) is 4.59. The number of H-pyrrole nitrogens is 2. The molecule has 29 heavy (non-hydrogen) atoms. The van der Waals surface area contributed by atoms with E-state index in [1.54, 1.807) is 17.9 Å². The van der Waals surface area contributed by atoms with E-state index >= 15 is 0 Å². The molecule has 0 aliphatic rings. The van der Waals surface area contributed by atoms with Crippen LogP contribution in [0, 0.1) is 0 Å². The number of aliphatic hydroxyl groups is 1. The second kappa shape index (κ2) is 7.54. The van der Waals surface area contributed by atoms with Crippen LogP contribution >= 0.6 is 11.3 Å². The number of aromatic amines is 2. The minimum Gasteiger partial charge on any atom is -0.457 e. The Morgan fingerprint density at radius 3 is 2.90 bits per heavy atom. The number of aliphatic hydroxyl groups excluding tert-OH is 1. The zero-order valence-electron chi connectivity index (χ0n) is 15.4. The quantitative estimate of drug-likeness (QED) is 0.369. The van der Waals surface area contributed by atoms with Gasteiger partial charge >= 0.3 is 0 Å². The van der Waals surface area contributed by atoms with Crippen LogP contribution in [0.1, 0.15) is 16.7 Å². The van der Waals surface area contributed by atoms with E-state index in [9.17, 15) is 5.11 Å². The Labute approximate surface area is 170 Å². The standard InChI is InChI=1S/C22H18N4O2S/c27-21(10-18-11-23-13-29-18)20-12-25-22(26-20)15-2-1-3-16(9-15)28-17-4-5-19-14(8-17)6-7-24-19/h1-9,11-13,21,24,27H,10H2,(H,25,26)/t21-/m0/s1. The summed E-state index contributed by atoms with van der Waals surface area (Å²) in [5.74, 6) is 2.18. The molecule has 0 bridgehead atoms. The molecule has 3 N–H and O–H groups in total. The van der Waals surface area contributed by atoms with Crippen molar-refractivity contribution in [3.63, 3.8) is 0 Å². The fraction of sp³-hybridized carbons (Fsp3) is 0.0909. The highest BCUT2D eigenvalue weighted by Crippen LogP contribution is 2.29. The molecule has 0 unspecified atom stereocenters. The van der Waals surface area contributed by atoms with Crippen LogP contribution in [0.15, 0.2) is 72.6 Å². The molecule has 7 heteroatoms. The van der Waals surface area contributed by atoms with E-state index in [4.69, 9.17) is 4.74 Å². The normalized spacial score (nSPS) is 12.3. The lowest BCUT2D eigenvalue weighted by molar-refractivity contribution is 0.175. The first kappa shape index (κ1) is 17.7. The summed E-state index contributed by atoms with van der Waals surface area (Å²) in [6.07, 6.45) is 5.22. The summed E-state index contributed by atoms with van der Waals surface area (Å²) in [5.41, 5.74) is 4.41. The summed E-state index contributed by atoms with van der Waals surface area (Å²) >= 11 is 1.53. The van der Waals surface area contributed by atoms with Crippen LogP contribution < -0.4 is 4.74 Å². The molecule has 144 valence electrons. The smallest absolute Gasteiger partial charge is 0.137 e. The maximum atomic E-state index is 10.5. The minimum absolute atomic E-state index is 0.511. The third-order valence-corrected chi connectivity index (χ3v) is 5.50. The van der Waals surface area contributed by atoms with Crippen molar-refractivity contribution in [1.82, 2.24) is 19.9 Å². The van der Waals surface area contributed by atoms with E-state index in [1.807, 2.05) is 54.7 Å². The molecule has 0 saturated carbocycles. The Balaban J connectivity index is 1.34. The Hall–Kier alpha value is -3.42. The van der Waals surface area contributed by atoms with Crippen molar-refractivity contribution < 1.29 is 9.84 Å². The highest BCUT2D eigenvalue weighted by molar-refractivity contribution is 7.09. The number of ether oxygens (including phenoxy) is 1. The lowest BCUT2D eigenvalue weighted by Gasteiger charge is -2.08. The van der Waals surface area contributed by atoms with Crippen LogP contribution in [0.5, 0.6) is 11.5 Å². The maximum absolute atomic E-state index is 10.5. The van der Waals surface area contributed by atoms with Crippen LogP contribution in [0.25, 0.3) is 22.3 Å². The van der Waals surface area contributed by atoms with E-state index in [1.165, 1.54) is 11.3 Å². The van der Waals surface area contributed by atoms with Gasteiger partial charge in [-0.3, -0.25) is 4.98 Å². The molecule has 1 atom stereocenters. The summed E-state index contributed by atoms with van der Waals surface area (Å²) in [7, 11) is 0. The molecule has 2 aromatic carbocycles. The number of imidazole rings is 1. The van der Waals surface area contributed by atoms with Gasteiger partial charge in [0, 0.05) is 40.2 Å². The van der Waals surface area contributed by atoms with Gasteiger partial charge in [-0.2, -0.15) is 0 Å². The fourth-order valence-electron chi connectivity index (χ4n) is 3.23. The van der Waals surface area contributed by atoms with Crippen LogP contribution in [-0.2, 0) is 6.42 Å². The number of nitrogens with one attached hydrogen (secondary N) is 2. The largest absolute Gasteiger partial charge is 0.457 e. The fourth-order valence-corrected chi connectivity index (χ4v) is 3.87. The number of benzene rings is 2. The van der Waals surface area contributed by atoms with E-state index in [0.717, 1.165) is 32.8 Å². The van der Waals surface area contributed by atoms with Crippen molar-refractivity contribution in [3.8, 4) is 22.9 Å². The molecule has 0 saturated heterocycles. The SMILES string of the molecule is O[C@@H](Cc1cncs1)c1cnc(-c2cccc(Oc3ccc4[nH]ccc4c3)c2)[nH]1. The maximum Gasteiger partial charge on any atom is 0.137 e. The molecule has 0 amide bonds.